The molecular formula is C15H25N5O2. The quantitative estimate of drug-likeness (QED) is 0.891. The Morgan fingerprint density at radius 3 is 2.64 bits per heavy atom. The number of piperazine rings is 1. The Morgan fingerprint density at radius 2 is 2.05 bits per heavy atom. The van der Waals surface area contributed by atoms with E-state index in [4.69, 9.17) is 10.5 Å². The first-order chi connectivity index (χ1) is 10.4. The summed E-state index contributed by atoms with van der Waals surface area (Å²) in [6.07, 6.45) is 3.19. The zero-order valence-electron chi connectivity index (χ0n) is 13.5. The number of ether oxygens (including phenoxy) is 1. The summed E-state index contributed by atoms with van der Waals surface area (Å²) < 4.78 is 5.43. The van der Waals surface area contributed by atoms with E-state index in [9.17, 15) is 4.79 Å². The van der Waals surface area contributed by atoms with Crippen LogP contribution in [0.25, 0.3) is 0 Å². The number of carbonyl (C=O) groups excluding carboxylic acids is 1. The van der Waals surface area contributed by atoms with Gasteiger partial charge in [-0.3, -0.25) is 4.90 Å². The molecule has 2 N–H and O–H groups in total. The number of amides is 1. The fraction of sp³-hybridized carbons (Fsp3) is 0.667. The molecule has 22 heavy (non-hydrogen) atoms. The van der Waals surface area contributed by atoms with Crippen LogP contribution in [0.1, 0.15) is 26.6 Å². The van der Waals surface area contributed by atoms with Crippen LogP contribution >= 0.6 is 0 Å². The van der Waals surface area contributed by atoms with Crippen molar-refractivity contribution in [2.24, 2.45) is 5.73 Å². The number of nitrogens with zero attached hydrogens (tertiary/aromatic N) is 4. The second-order valence-corrected chi connectivity index (χ2v) is 6.45. The van der Waals surface area contributed by atoms with Gasteiger partial charge in [0.25, 0.3) is 0 Å². The number of rotatable bonds is 3. The summed E-state index contributed by atoms with van der Waals surface area (Å²) >= 11 is 0. The van der Waals surface area contributed by atoms with E-state index in [0.29, 0.717) is 26.2 Å². The summed E-state index contributed by atoms with van der Waals surface area (Å²) in [6.45, 7) is 8.66. The lowest BCUT2D eigenvalue weighted by atomic mass is 10.1. The summed E-state index contributed by atoms with van der Waals surface area (Å²) in [5.41, 5.74) is 5.39. The van der Waals surface area contributed by atoms with Crippen LogP contribution in [0.2, 0.25) is 0 Å². The van der Waals surface area contributed by atoms with Crippen molar-refractivity contribution in [1.82, 2.24) is 19.8 Å². The van der Waals surface area contributed by atoms with Crippen LogP contribution in [-0.2, 0) is 11.3 Å². The van der Waals surface area contributed by atoms with Gasteiger partial charge in [0.15, 0.2) is 0 Å². The molecule has 1 saturated heterocycles. The third kappa shape index (κ3) is 4.64. The highest BCUT2D eigenvalue weighted by molar-refractivity contribution is 5.68. The minimum atomic E-state index is -0.482. The van der Waals surface area contributed by atoms with Crippen molar-refractivity contribution in [3.05, 3.63) is 24.3 Å². The molecule has 0 aromatic carbocycles. The van der Waals surface area contributed by atoms with Gasteiger partial charge < -0.3 is 15.4 Å². The standard InChI is InChI=1S/C15H25N5O2/c1-15(2,3)22-14(21)20-8-7-19(12(9-16)10-20)11-13-17-5-4-6-18-13/h4-6,12H,7-11,16H2,1-3H3. The Morgan fingerprint density at radius 1 is 1.36 bits per heavy atom. The van der Waals surface area contributed by atoms with E-state index in [2.05, 4.69) is 14.9 Å². The Balaban J connectivity index is 1.95. The Labute approximate surface area is 131 Å². The van der Waals surface area contributed by atoms with E-state index in [1.165, 1.54) is 0 Å². The van der Waals surface area contributed by atoms with Gasteiger partial charge in [0.05, 0.1) is 6.54 Å². The third-order valence-corrected chi connectivity index (χ3v) is 3.49. The van der Waals surface area contributed by atoms with E-state index in [1.807, 2.05) is 20.8 Å². The molecule has 2 rings (SSSR count). The fourth-order valence-electron chi connectivity index (χ4n) is 2.41. The minimum Gasteiger partial charge on any atom is -0.444 e. The number of nitrogens with two attached hydrogens (primary N) is 1. The van der Waals surface area contributed by atoms with E-state index in [0.717, 1.165) is 12.4 Å². The zero-order chi connectivity index (χ0) is 16.2. The molecule has 1 aromatic rings. The van der Waals surface area contributed by atoms with Gasteiger partial charge in [0.1, 0.15) is 11.4 Å². The lowest BCUT2D eigenvalue weighted by Gasteiger charge is -2.40. The molecule has 1 fully saturated rings. The Kier molecular flexibility index (Phi) is 5.31. The molecule has 0 spiro atoms. The van der Waals surface area contributed by atoms with Gasteiger partial charge in [0, 0.05) is 44.6 Å². The van der Waals surface area contributed by atoms with Crippen LogP contribution in [0.4, 0.5) is 4.79 Å². The van der Waals surface area contributed by atoms with Crippen LogP contribution < -0.4 is 5.73 Å². The van der Waals surface area contributed by atoms with Gasteiger partial charge in [0.2, 0.25) is 0 Å². The van der Waals surface area contributed by atoms with E-state index in [1.54, 1.807) is 23.4 Å². The van der Waals surface area contributed by atoms with Crippen molar-refractivity contribution in [2.75, 3.05) is 26.2 Å². The normalized spacial score (nSPS) is 20.0. The van der Waals surface area contributed by atoms with E-state index < -0.39 is 5.60 Å². The first-order valence-electron chi connectivity index (χ1n) is 7.57. The predicted molar refractivity (Wildman–Crippen MR) is 83.1 cm³/mol. The van der Waals surface area contributed by atoms with Crippen molar-refractivity contribution in [2.45, 2.75) is 39.0 Å². The van der Waals surface area contributed by atoms with Crippen molar-refractivity contribution in [1.29, 1.82) is 0 Å². The van der Waals surface area contributed by atoms with Gasteiger partial charge in [-0.15, -0.1) is 0 Å². The van der Waals surface area contributed by atoms with Gasteiger partial charge in [-0.1, -0.05) is 0 Å². The summed E-state index contributed by atoms with van der Waals surface area (Å²) in [5, 5.41) is 0. The first kappa shape index (κ1) is 16.6. The van der Waals surface area contributed by atoms with E-state index >= 15 is 0 Å². The van der Waals surface area contributed by atoms with Gasteiger partial charge in [-0.25, -0.2) is 14.8 Å². The van der Waals surface area contributed by atoms with Crippen LogP contribution in [0.15, 0.2) is 18.5 Å². The SMILES string of the molecule is CC(C)(C)OC(=O)N1CCN(Cc2ncccn2)C(CN)C1. The van der Waals surface area contributed by atoms with Gasteiger partial charge >= 0.3 is 6.09 Å². The predicted octanol–water partition coefficient (Wildman–Crippen LogP) is 0.857. The molecule has 1 aliphatic heterocycles. The van der Waals surface area contributed by atoms with E-state index in [-0.39, 0.29) is 12.1 Å². The average molecular weight is 307 g/mol. The molecule has 1 unspecified atom stereocenters. The highest BCUT2D eigenvalue weighted by Gasteiger charge is 2.31. The van der Waals surface area contributed by atoms with Crippen molar-refractivity contribution < 1.29 is 9.53 Å². The highest BCUT2D eigenvalue weighted by Crippen LogP contribution is 2.15. The second kappa shape index (κ2) is 7.02. The summed E-state index contributed by atoms with van der Waals surface area (Å²) in [7, 11) is 0. The van der Waals surface area contributed by atoms with Crippen molar-refractivity contribution >= 4 is 6.09 Å². The minimum absolute atomic E-state index is 0.0880. The van der Waals surface area contributed by atoms with Gasteiger partial charge in [-0.2, -0.15) is 0 Å². The largest absolute Gasteiger partial charge is 0.444 e. The molecule has 1 atom stereocenters. The molecule has 1 aromatic heterocycles. The van der Waals surface area contributed by atoms with Crippen LogP contribution in [0, 0.1) is 0 Å². The molecule has 1 amide bonds. The van der Waals surface area contributed by atoms with Crippen molar-refractivity contribution in [3.8, 4) is 0 Å². The zero-order valence-corrected chi connectivity index (χ0v) is 13.5. The fourth-order valence-corrected chi connectivity index (χ4v) is 2.41. The molecule has 0 bridgehead atoms. The summed E-state index contributed by atoms with van der Waals surface area (Å²) in [5.74, 6) is 0.770. The third-order valence-electron chi connectivity index (χ3n) is 3.49. The molecule has 2 heterocycles. The summed E-state index contributed by atoms with van der Waals surface area (Å²) in [4.78, 5) is 24.6. The number of hydrogen-bond acceptors (Lipinski definition) is 6. The Bertz CT molecular complexity index is 488. The lowest BCUT2D eigenvalue weighted by Crippen LogP contribution is -2.57. The molecular weight excluding hydrogens is 282 g/mol. The van der Waals surface area contributed by atoms with Gasteiger partial charge in [-0.05, 0) is 26.8 Å². The van der Waals surface area contributed by atoms with Crippen LogP contribution in [0.3, 0.4) is 0 Å². The average Bonchev–Trinajstić information content (AvgIpc) is 2.47. The second-order valence-electron chi connectivity index (χ2n) is 6.45. The first-order valence-corrected chi connectivity index (χ1v) is 7.57. The molecule has 7 nitrogen and oxygen atoms in total. The maximum Gasteiger partial charge on any atom is 0.410 e. The van der Waals surface area contributed by atoms with Crippen LogP contribution in [0.5, 0.6) is 0 Å². The summed E-state index contributed by atoms with van der Waals surface area (Å²) in [6, 6.07) is 1.88. The molecule has 0 radical (unpaired) electrons. The maximum absolute atomic E-state index is 12.2. The smallest absolute Gasteiger partial charge is 0.410 e. The van der Waals surface area contributed by atoms with Crippen molar-refractivity contribution in [3.63, 3.8) is 0 Å². The van der Waals surface area contributed by atoms with Crippen LogP contribution in [-0.4, -0.2) is 63.7 Å². The molecule has 0 saturated carbocycles. The highest BCUT2D eigenvalue weighted by atomic mass is 16.6. The number of carbonyl (C=O) groups is 1. The topological polar surface area (TPSA) is 84.6 Å². The number of hydrogen-bond donors (Lipinski definition) is 1. The monoisotopic (exact) mass is 307 g/mol. The molecule has 7 heteroatoms. The molecule has 0 aliphatic carbocycles. The molecule has 1 aliphatic rings. The molecule has 122 valence electrons. The lowest BCUT2D eigenvalue weighted by molar-refractivity contribution is 0.00317. The number of aromatic nitrogens is 2. The Hall–Kier alpha value is -1.73. The maximum atomic E-state index is 12.2.